The average molecular weight is 495 g/mol. The van der Waals surface area contributed by atoms with Crippen LogP contribution in [0.25, 0.3) is 5.69 Å². The van der Waals surface area contributed by atoms with Crippen molar-refractivity contribution < 1.29 is 4.79 Å². The Hall–Kier alpha value is -3.04. The average Bonchev–Trinajstić information content (AvgIpc) is 3.19. The summed E-state index contributed by atoms with van der Waals surface area (Å²) in [6, 6.07) is 15.4. The number of rotatable bonds is 6. The predicted molar refractivity (Wildman–Crippen MR) is 125 cm³/mol. The van der Waals surface area contributed by atoms with Crippen molar-refractivity contribution in [2.75, 3.05) is 5.32 Å². The number of benzene rings is 2. The third-order valence-corrected chi connectivity index (χ3v) is 5.95. The number of hydrogen-bond acceptors (Lipinski definition) is 6. The zero-order valence-corrected chi connectivity index (χ0v) is 19.3. The summed E-state index contributed by atoms with van der Waals surface area (Å²) in [6.45, 7) is 3.96. The molecule has 156 valence electrons. The second-order valence-electron chi connectivity index (χ2n) is 6.87. The Morgan fingerprint density at radius 2 is 1.84 bits per heavy atom. The molecule has 31 heavy (non-hydrogen) atoms. The molecule has 2 aromatic carbocycles. The lowest BCUT2D eigenvalue weighted by Crippen LogP contribution is -2.16. The van der Waals surface area contributed by atoms with Gasteiger partial charge in [-0.1, -0.05) is 50.6 Å². The molecular formula is C22H19BrN6OS. The maximum atomic E-state index is 13.1. The van der Waals surface area contributed by atoms with Crippen LogP contribution in [0.3, 0.4) is 0 Å². The van der Waals surface area contributed by atoms with E-state index in [9.17, 15) is 4.79 Å². The Bertz CT molecular complexity index is 1210. The minimum Gasteiger partial charge on any atom is -0.320 e. The van der Waals surface area contributed by atoms with E-state index in [1.807, 2.05) is 56.3 Å². The lowest BCUT2D eigenvalue weighted by Gasteiger charge is -2.10. The van der Waals surface area contributed by atoms with Crippen molar-refractivity contribution in [3.05, 3.63) is 87.9 Å². The minimum absolute atomic E-state index is 0.270. The van der Waals surface area contributed by atoms with Gasteiger partial charge in [-0.2, -0.15) is 0 Å². The molecule has 1 N–H and O–H groups in total. The van der Waals surface area contributed by atoms with Crippen LogP contribution in [0.2, 0.25) is 0 Å². The number of thioether (sulfide) groups is 1. The molecule has 0 atom stereocenters. The number of amides is 1. The fourth-order valence-corrected chi connectivity index (χ4v) is 4.21. The van der Waals surface area contributed by atoms with Gasteiger partial charge in [0.25, 0.3) is 5.91 Å². The monoisotopic (exact) mass is 494 g/mol. The predicted octanol–water partition coefficient (Wildman–Crippen LogP) is 4.98. The molecule has 7 nitrogen and oxygen atoms in total. The molecule has 0 saturated heterocycles. The van der Waals surface area contributed by atoms with E-state index in [1.54, 1.807) is 23.1 Å². The van der Waals surface area contributed by atoms with E-state index in [1.165, 1.54) is 11.8 Å². The fourth-order valence-electron chi connectivity index (χ4n) is 2.94. The van der Waals surface area contributed by atoms with E-state index in [0.29, 0.717) is 16.6 Å². The zero-order chi connectivity index (χ0) is 21.8. The number of nitrogens with one attached hydrogen (secondary N) is 1. The first-order chi connectivity index (χ1) is 15.0. The van der Waals surface area contributed by atoms with Crippen LogP contribution < -0.4 is 5.32 Å². The summed E-state index contributed by atoms with van der Waals surface area (Å²) in [5.74, 6) is 0.126. The highest BCUT2D eigenvalue weighted by Crippen LogP contribution is 2.25. The number of nitrogens with zero attached hydrogens (tertiary/aromatic N) is 5. The van der Waals surface area contributed by atoms with Crippen molar-refractivity contribution >= 4 is 39.3 Å². The van der Waals surface area contributed by atoms with Crippen LogP contribution in [0.1, 0.15) is 27.3 Å². The van der Waals surface area contributed by atoms with Gasteiger partial charge in [-0.15, -0.1) is 5.10 Å². The van der Waals surface area contributed by atoms with Crippen LogP contribution in [-0.2, 0) is 5.75 Å². The highest BCUT2D eigenvalue weighted by Gasteiger charge is 2.22. The topological polar surface area (TPSA) is 85.6 Å². The summed E-state index contributed by atoms with van der Waals surface area (Å²) in [5, 5.41) is 12.0. The molecule has 9 heteroatoms. The van der Waals surface area contributed by atoms with E-state index in [4.69, 9.17) is 0 Å². The first-order valence-electron chi connectivity index (χ1n) is 9.50. The minimum atomic E-state index is -0.312. The Kier molecular flexibility index (Phi) is 6.43. The second-order valence-corrected chi connectivity index (χ2v) is 8.72. The Morgan fingerprint density at radius 1 is 1.10 bits per heavy atom. The summed E-state index contributed by atoms with van der Waals surface area (Å²) in [5.41, 5.74) is 4.59. The lowest BCUT2D eigenvalue weighted by molar-refractivity contribution is 0.102. The van der Waals surface area contributed by atoms with Crippen LogP contribution in [0.4, 0.5) is 5.69 Å². The molecule has 0 unspecified atom stereocenters. The summed E-state index contributed by atoms with van der Waals surface area (Å²) in [7, 11) is 0. The van der Waals surface area contributed by atoms with Gasteiger partial charge in [0.2, 0.25) is 0 Å². The number of halogens is 1. The van der Waals surface area contributed by atoms with Crippen molar-refractivity contribution in [2.45, 2.75) is 24.8 Å². The van der Waals surface area contributed by atoms with Gasteiger partial charge in [0, 0.05) is 28.3 Å². The van der Waals surface area contributed by atoms with E-state index in [-0.39, 0.29) is 11.6 Å². The Morgan fingerprint density at radius 3 is 2.55 bits per heavy atom. The highest BCUT2D eigenvalue weighted by molar-refractivity contribution is 9.10. The fraction of sp³-hybridized carbons (Fsp3) is 0.136. The number of anilines is 1. The molecule has 1 amide bonds. The molecule has 2 aromatic heterocycles. The second kappa shape index (κ2) is 9.40. The number of hydrogen-bond donors (Lipinski definition) is 1. The molecule has 0 spiro atoms. The van der Waals surface area contributed by atoms with Crippen molar-refractivity contribution in [1.29, 1.82) is 0 Å². The van der Waals surface area contributed by atoms with Crippen LogP contribution in [0.15, 0.2) is 70.6 Å². The van der Waals surface area contributed by atoms with Crippen LogP contribution in [-0.4, -0.2) is 30.9 Å². The number of carbonyl (C=O) groups is 1. The van der Waals surface area contributed by atoms with Gasteiger partial charge >= 0.3 is 0 Å². The van der Waals surface area contributed by atoms with Crippen LogP contribution in [0.5, 0.6) is 0 Å². The molecule has 0 aliphatic heterocycles. The molecule has 0 radical (unpaired) electrons. The van der Waals surface area contributed by atoms with Gasteiger partial charge in [-0.3, -0.25) is 4.79 Å². The third-order valence-electron chi connectivity index (χ3n) is 4.57. The largest absolute Gasteiger partial charge is 0.320 e. The lowest BCUT2D eigenvalue weighted by atomic mass is 10.2. The number of aromatic nitrogens is 5. The van der Waals surface area contributed by atoms with Crippen LogP contribution in [0, 0.1) is 13.8 Å². The first kappa shape index (κ1) is 21.2. The highest BCUT2D eigenvalue weighted by atomic mass is 79.9. The molecule has 4 rings (SSSR count). The first-order valence-corrected chi connectivity index (χ1v) is 11.3. The Balaban J connectivity index is 1.67. The number of carbonyl (C=O) groups excluding carboxylic acids is 1. The molecule has 2 heterocycles. The van der Waals surface area contributed by atoms with Crippen LogP contribution >= 0.6 is 27.7 Å². The zero-order valence-electron chi connectivity index (χ0n) is 16.9. The summed E-state index contributed by atoms with van der Waals surface area (Å²) < 4.78 is 2.65. The van der Waals surface area contributed by atoms with Gasteiger partial charge in [-0.05, 0) is 55.8 Å². The molecular weight excluding hydrogens is 476 g/mol. The van der Waals surface area contributed by atoms with Crippen molar-refractivity contribution in [1.82, 2.24) is 25.0 Å². The molecule has 0 aliphatic carbocycles. The van der Waals surface area contributed by atoms with Crippen molar-refractivity contribution in [3.8, 4) is 5.69 Å². The summed E-state index contributed by atoms with van der Waals surface area (Å²) in [4.78, 5) is 21.6. The standard InChI is InChI=1S/C22H19BrN6OS/c1-14-4-7-17(8-5-14)29-19(13-31-22-24-10-3-11-25-22)20(27-28-29)21(30)26-18-9-6-16(23)12-15(18)2/h3-12H,13H2,1-2H3,(H,26,30). The maximum absolute atomic E-state index is 13.1. The van der Waals surface area contributed by atoms with E-state index in [0.717, 1.165) is 27.0 Å². The van der Waals surface area contributed by atoms with E-state index >= 15 is 0 Å². The van der Waals surface area contributed by atoms with E-state index < -0.39 is 0 Å². The SMILES string of the molecule is Cc1ccc(-n2nnc(C(=O)Nc3ccc(Br)cc3C)c2CSc2ncccn2)cc1. The van der Waals surface area contributed by atoms with Gasteiger partial charge in [0.05, 0.1) is 11.4 Å². The van der Waals surface area contributed by atoms with Gasteiger partial charge in [-0.25, -0.2) is 14.6 Å². The summed E-state index contributed by atoms with van der Waals surface area (Å²) >= 11 is 4.87. The molecule has 4 aromatic rings. The molecule has 0 bridgehead atoms. The van der Waals surface area contributed by atoms with Gasteiger partial charge in [0.1, 0.15) is 0 Å². The molecule has 0 saturated carbocycles. The van der Waals surface area contributed by atoms with Gasteiger partial charge < -0.3 is 5.32 Å². The maximum Gasteiger partial charge on any atom is 0.278 e. The van der Waals surface area contributed by atoms with Crippen molar-refractivity contribution in [3.63, 3.8) is 0 Å². The number of aryl methyl sites for hydroxylation is 2. The van der Waals surface area contributed by atoms with Crippen molar-refractivity contribution in [2.24, 2.45) is 0 Å². The molecule has 0 aliphatic rings. The normalized spacial score (nSPS) is 10.8. The molecule has 0 fully saturated rings. The van der Waals surface area contributed by atoms with Gasteiger partial charge in [0.15, 0.2) is 10.9 Å². The Labute approximate surface area is 192 Å². The third kappa shape index (κ3) is 5.00. The summed E-state index contributed by atoms with van der Waals surface area (Å²) in [6.07, 6.45) is 3.38. The van der Waals surface area contributed by atoms with E-state index in [2.05, 4.69) is 41.5 Å². The quantitative estimate of drug-likeness (QED) is 0.300. The smallest absolute Gasteiger partial charge is 0.278 e.